The first-order valence-electron chi connectivity index (χ1n) is 6.34. The second-order valence-electron chi connectivity index (χ2n) is 5.85. The molecule has 3 aliphatic carbocycles. The second kappa shape index (κ2) is 2.86. The SMILES string of the molecule is O=C1CC(NC2C3C4CCC(C4)C23)C(=O)N1. The summed E-state index contributed by atoms with van der Waals surface area (Å²) in [5.41, 5.74) is 0. The Morgan fingerprint density at radius 2 is 1.81 bits per heavy atom. The second-order valence-corrected chi connectivity index (χ2v) is 5.85. The summed E-state index contributed by atoms with van der Waals surface area (Å²) in [7, 11) is 0. The summed E-state index contributed by atoms with van der Waals surface area (Å²) in [5.74, 6) is 3.21. The predicted octanol–water partition coefficient (Wildman–Crippen LogP) is 0.0356. The third-order valence-corrected chi connectivity index (χ3v) is 5.10. The maximum Gasteiger partial charge on any atom is 0.244 e. The molecular weight excluding hydrogens is 204 g/mol. The molecule has 86 valence electrons. The first kappa shape index (κ1) is 9.16. The highest BCUT2D eigenvalue weighted by Gasteiger charge is 2.65. The van der Waals surface area contributed by atoms with Crippen LogP contribution in [0.25, 0.3) is 0 Å². The molecule has 1 aliphatic heterocycles. The van der Waals surface area contributed by atoms with E-state index in [1.54, 1.807) is 0 Å². The van der Waals surface area contributed by atoms with Gasteiger partial charge in [0.25, 0.3) is 0 Å². The highest BCUT2D eigenvalue weighted by atomic mass is 16.2. The van der Waals surface area contributed by atoms with Gasteiger partial charge < -0.3 is 5.32 Å². The Balaban J connectivity index is 1.44. The predicted molar refractivity (Wildman–Crippen MR) is 56.3 cm³/mol. The van der Waals surface area contributed by atoms with Crippen LogP contribution in [0.2, 0.25) is 0 Å². The summed E-state index contributed by atoms with van der Waals surface area (Å²) in [4.78, 5) is 22.5. The van der Waals surface area contributed by atoms with E-state index in [0.717, 1.165) is 23.7 Å². The summed E-state index contributed by atoms with van der Waals surface area (Å²) in [5, 5.41) is 5.77. The Morgan fingerprint density at radius 1 is 1.12 bits per heavy atom. The fraction of sp³-hybridized carbons (Fsp3) is 0.833. The van der Waals surface area contributed by atoms with Crippen molar-refractivity contribution in [3.05, 3.63) is 0 Å². The largest absolute Gasteiger partial charge is 0.302 e. The molecule has 4 rings (SSSR count). The van der Waals surface area contributed by atoms with E-state index in [1.807, 2.05) is 0 Å². The van der Waals surface area contributed by atoms with Gasteiger partial charge in [-0.3, -0.25) is 14.9 Å². The van der Waals surface area contributed by atoms with Crippen LogP contribution in [0.3, 0.4) is 0 Å². The van der Waals surface area contributed by atoms with E-state index in [-0.39, 0.29) is 17.9 Å². The summed E-state index contributed by atoms with van der Waals surface area (Å²) in [6.07, 6.45) is 4.53. The van der Waals surface area contributed by atoms with Crippen molar-refractivity contribution in [1.29, 1.82) is 0 Å². The highest BCUT2D eigenvalue weighted by Crippen LogP contribution is 2.65. The fourth-order valence-corrected chi connectivity index (χ4v) is 4.47. The first-order valence-corrected chi connectivity index (χ1v) is 6.34. The monoisotopic (exact) mass is 220 g/mol. The summed E-state index contributed by atoms with van der Waals surface area (Å²) < 4.78 is 0. The molecular formula is C12H16N2O2. The Hall–Kier alpha value is -0.900. The van der Waals surface area contributed by atoms with Gasteiger partial charge in [-0.1, -0.05) is 0 Å². The Morgan fingerprint density at radius 3 is 2.38 bits per heavy atom. The molecule has 0 spiro atoms. The van der Waals surface area contributed by atoms with Crippen LogP contribution in [0.4, 0.5) is 0 Å². The van der Waals surface area contributed by atoms with Crippen molar-refractivity contribution in [3.8, 4) is 0 Å². The van der Waals surface area contributed by atoms with Crippen LogP contribution < -0.4 is 10.6 Å². The number of amides is 2. The van der Waals surface area contributed by atoms with Crippen LogP contribution >= 0.6 is 0 Å². The van der Waals surface area contributed by atoms with E-state index in [0.29, 0.717) is 12.5 Å². The van der Waals surface area contributed by atoms with Crippen LogP contribution in [0.15, 0.2) is 0 Å². The molecule has 1 saturated heterocycles. The van der Waals surface area contributed by atoms with E-state index >= 15 is 0 Å². The topological polar surface area (TPSA) is 58.2 Å². The minimum absolute atomic E-state index is 0.123. The Labute approximate surface area is 94.2 Å². The molecule has 0 aromatic rings. The number of hydrogen-bond donors (Lipinski definition) is 2. The molecule has 4 nitrogen and oxygen atoms in total. The van der Waals surface area contributed by atoms with E-state index < -0.39 is 0 Å². The normalized spacial score (nSPS) is 53.0. The van der Waals surface area contributed by atoms with Gasteiger partial charge in [-0.25, -0.2) is 0 Å². The fourth-order valence-electron chi connectivity index (χ4n) is 4.47. The molecule has 16 heavy (non-hydrogen) atoms. The van der Waals surface area contributed by atoms with Crippen LogP contribution in [0.1, 0.15) is 25.7 Å². The summed E-state index contributed by atoms with van der Waals surface area (Å²) >= 11 is 0. The number of imide groups is 1. The van der Waals surface area contributed by atoms with E-state index in [4.69, 9.17) is 0 Å². The van der Waals surface area contributed by atoms with Gasteiger partial charge in [0.1, 0.15) is 0 Å². The van der Waals surface area contributed by atoms with E-state index in [2.05, 4.69) is 10.6 Å². The maximum atomic E-state index is 11.5. The third kappa shape index (κ3) is 1.08. The van der Waals surface area contributed by atoms with Gasteiger partial charge in [0.2, 0.25) is 11.8 Å². The van der Waals surface area contributed by atoms with Crippen LogP contribution in [-0.4, -0.2) is 23.9 Å². The van der Waals surface area contributed by atoms with Crippen LogP contribution in [0.5, 0.6) is 0 Å². The molecule has 0 aromatic carbocycles. The number of rotatable bonds is 2. The smallest absolute Gasteiger partial charge is 0.244 e. The number of fused-ring (bicyclic) bond motifs is 5. The lowest BCUT2D eigenvalue weighted by atomic mass is 10.0. The first-order chi connectivity index (χ1) is 7.74. The number of hydrogen-bond acceptors (Lipinski definition) is 3. The van der Waals surface area contributed by atoms with Crippen molar-refractivity contribution >= 4 is 11.8 Å². The van der Waals surface area contributed by atoms with Crippen molar-refractivity contribution < 1.29 is 9.59 Å². The standard InChI is InChI=1S/C12H16N2O2/c15-8-4-7(12(16)14-8)13-11-9-5-1-2-6(3-5)10(9)11/h5-7,9-11,13H,1-4H2,(H,14,15,16). The zero-order chi connectivity index (χ0) is 10.9. The third-order valence-electron chi connectivity index (χ3n) is 5.10. The quantitative estimate of drug-likeness (QED) is 0.646. The average Bonchev–Trinajstić information content (AvgIpc) is 2.62. The van der Waals surface area contributed by atoms with Gasteiger partial charge in [0.05, 0.1) is 12.5 Å². The lowest BCUT2D eigenvalue weighted by Crippen LogP contribution is -2.39. The highest BCUT2D eigenvalue weighted by molar-refractivity contribution is 6.05. The van der Waals surface area contributed by atoms with Gasteiger partial charge in [-0.05, 0) is 42.9 Å². The molecule has 4 fully saturated rings. The van der Waals surface area contributed by atoms with Crippen molar-refractivity contribution in [2.45, 2.75) is 37.8 Å². The summed E-state index contributed by atoms with van der Waals surface area (Å²) in [6, 6.07) is 0.287. The maximum absolute atomic E-state index is 11.5. The van der Waals surface area contributed by atoms with Crippen molar-refractivity contribution in [2.75, 3.05) is 0 Å². The number of carbonyl (C=O) groups excluding carboxylic acids is 2. The van der Waals surface area contributed by atoms with Crippen LogP contribution in [0, 0.1) is 23.7 Å². The molecule has 3 saturated carbocycles. The van der Waals surface area contributed by atoms with Crippen molar-refractivity contribution in [2.24, 2.45) is 23.7 Å². The number of nitrogens with one attached hydrogen (secondary N) is 2. The number of carbonyl (C=O) groups is 2. The van der Waals surface area contributed by atoms with E-state index in [1.165, 1.54) is 19.3 Å². The molecule has 2 bridgehead atoms. The molecule has 4 aliphatic rings. The molecule has 0 radical (unpaired) electrons. The van der Waals surface area contributed by atoms with Gasteiger partial charge in [0, 0.05) is 6.04 Å². The zero-order valence-corrected chi connectivity index (χ0v) is 9.11. The van der Waals surface area contributed by atoms with Crippen molar-refractivity contribution in [1.82, 2.24) is 10.6 Å². The zero-order valence-electron chi connectivity index (χ0n) is 9.11. The molecule has 5 unspecified atom stereocenters. The Kier molecular flexibility index (Phi) is 1.64. The lowest BCUT2D eigenvalue weighted by Gasteiger charge is -2.13. The van der Waals surface area contributed by atoms with Gasteiger partial charge >= 0.3 is 0 Å². The minimum Gasteiger partial charge on any atom is -0.302 e. The van der Waals surface area contributed by atoms with Gasteiger partial charge in [-0.15, -0.1) is 0 Å². The summed E-state index contributed by atoms with van der Waals surface area (Å²) in [6.45, 7) is 0. The van der Waals surface area contributed by atoms with Gasteiger partial charge in [0.15, 0.2) is 0 Å². The Bertz CT molecular complexity index is 365. The molecule has 1 heterocycles. The molecule has 2 N–H and O–H groups in total. The van der Waals surface area contributed by atoms with Gasteiger partial charge in [-0.2, -0.15) is 0 Å². The molecule has 5 atom stereocenters. The minimum atomic E-state index is -0.248. The van der Waals surface area contributed by atoms with Crippen LogP contribution in [-0.2, 0) is 9.59 Å². The molecule has 0 aromatic heterocycles. The molecule has 4 heteroatoms. The van der Waals surface area contributed by atoms with Crippen molar-refractivity contribution in [3.63, 3.8) is 0 Å². The average molecular weight is 220 g/mol. The van der Waals surface area contributed by atoms with E-state index in [9.17, 15) is 9.59 Å². The lowest BCUT2D eigenvalue weighted by molar-refractivity contribution is -0.125. The molecule has 2 amide bonds.